The van der Waals surface area contributed by atoms with E-state index in [2.05, 4.69) is 32.0 Å². The highest BCUT2D eigenvalue weighted by Gasteiger charge is 2.70. The van der Waals surface area contributed by atoms with E-state index in [0.717, 1.165) is 37.6 Å². The molecule has 0 aliphatic heterocycles. The average molecular weight is 448 g/mol. The molecule has 5 aliphatic carbocycles. The van der Waals surface area contributed by atoms with Gasteiger partial charge < -0.3 is 14.6 Å². The Bertz CT molecular complexity index is 1230. The lowest BCUT2D eigenvalue weighted by Gasteiger charge is -2.70. The van der Waals surface area contributed by atoms with Gasteiger partial charge in [-0.1, -0.05) is 6.92 Å². The second-order valence-electron chi connectivity index (χ2n) is 10.8. The van der Waals surface area contributed by atoms with Crippen molar-refractivity contribution in [1.29, 1.82) is 0 Å². The van der Waals surface area contributed by atoms with Crippen molar-refractivity contribution in [2.45, 2.75) is 56.2 Å². The van der Waals surface area contributed by atoms with E-state index in [1.54, 1.807) is 24.9 Å². The molecule has 0 radical (unpaired) electrons. The van der Waals surface area contributed by atoms with Crippen LogP contribution in [-0.4, -0.2) is 37.3 Å². The number of fused-ring (bicyclic) bond motifs is 2. The molecule has 2 heterocycles. The molecule has 2 bridgehead atoms. The number of pyridine rings is 1. The number of aromatic nitrogens is 4. The number of hydrogen-bond donors (Lipinski definition) is 1. The van der Waals surface area contributed by atoms with Crippen LogP contribution in [0, 0.1) is 29.5 Å². The monoisotopic (exact) mass is 447 g/mol. The van der Waals surface area contributed by atoms with Crippen LogP contribution in [0.15, 0.2) is 43.1 Å². The topological polar surface area (TPSA) is 81.9 Å². The summed E-state index contributed by atoms with van der Waals surface area (Å²) in [7, 11) is 0. The third-order valence-electron chi connectivity index (χ3n) is 8.77. The number of ether oxygens (including phenoxy) is 1. The molecular weight excluding hydrogens is 421 g/mol. The molecule has 2 aromatic heterocycles. The van der Waals surface area contributed by atoms with Crippen molar-refractivity contribution < 1.29 is 13.9 Å². The van der Waals surface area contributed by atoms with E-state index >= 15 is 0 Å². The van der Waals surface area contributed by atoms with E-state index in [0.29, 0.717) is 28.9 Å². The predicted octanol–water partition coefficient (Wildman–Crippen LogP) is 3.45. The number of rotatable bonds is 6. The first-order chi connectivity index (χ1) is 16.0. The first-order valence-electron chi connectivity index (χ1n) is 11.8. The van der Waals surface area contributed by atoms with Gasteiger partial charge in [-0.2, -0.15) is 0 Å². The van der Waals surface area contributed by atoms with Gasteiger partial charge in [-0.3, -0.25) is 9.78 Å². The van der Waals surface area contributed by atoms with E-state index in [9.17, 15) is 9.18 Å². The van der Waals surface area contributed by atoms with Crippen LogP contribution < -0.4 is 10.1 Å². The maximum absolute atomic E-state index is 13.7. The Balaban J connectivity index is 0.947. The molecule has 33 heavy (non-hydrogen) atoms. The fourth-order valence-electron chi connectivity index (χ4n) is 7.19. The van der Waals surface area contributed by atoms with Gasteiger partial charge in [0.1, 0.15) is 24.2 Å². The van der Waals surface area contributed by atoms with E-state index in [-0.39, 0.29) is 34.8 Å². The van der Waals surface area contributed by atoms with Crippen molar-refractivity contribution in [1.82, 2.24) is 25.1 Å². The number of carbonyl (C=O) groups is 1. The van der Waals surface area contributed by atoms with Crippen molar-refractivity contribution in [2.75, 3.05) is 0 Å². The van der Waals surface area contributed by atoms with E-state index in [4.69, 9.17) is 4.74 Å². The molecule has 1 amide bonds. The van der Waals surface area contributed by atoms with Gasteiger partial charge in [0.25, 0.3) is 0 Å². The van der Waals surface area contributed by atoms with Crippen LogP contribution in [0.3, 0.4) is 0 Å². The van der Waals surface area contributed by atoms with Gasteiger partial charge >= 0.3 is 0 Å². The average Bonchev–Trinajstić information content (AvgIpc) is 3.12. The number of halogens is 1. The molecule has 5 atom stereocenters. The lowest BCUT2D eigenvalue weighted by Crippen LogP contribution is -2.78. The number of benzene rings is 1. The molecule has 0 spiro atoms. The van der Waals surface area contributed by atoms with Crippen LogP contribution in [0.1, 0.15) is 39.0 Å². The van der Waals surface area contributed by atoms with Gasteiger partial charge in [0, 0.05) is 23.0 Å². The molecule has 1 N–H and O–H groups in total. The van der Waals surface area contributed by atoms with Gasteiger partial charge in [-0.15, -0.1) is 10.2 Å². The van der Waals surface area contributed by atoms with Gasteiger partial charge in [-0.05, 0) is 74.1 Å². The Morgan fingerprint density at radius 1 is 1.18 bits per heavy atom. The largest absolute Gasteiger partial charge is 0.490 e. The second kappa shape index (κ2) is 6.52. The molecule has 5 aliphatic rings. The molecule has 8 rings (SSSR count). The van der Waals surface area contributed by atoms with E-state index in [1.807, 2.05) is 6.07 Å². The summed E-state index contributed by atoms with van der Waals surface area (Å²) in [4.78, 5) is 17.3. The number of carbonyl (C=O) groups excluding carboxylic acids is 1. The standard InChI is InChI=1S/C25H26FN5O2/c1-14(23(32)30-24-9-25(10-24,11-24)31-12-28-29-13-31)22-17-7-16(8-18(17)22)33-21-4-5-27-20-3-2-15(26)6-19(20)21/h2-6,12-14,16-18,22H,7-11H2,1H3,(H,30,32)/t14?,16-,17+,18-,22-,24?,25?. The minimum atomic E-state index is -0.286. The Morgan fingerprint density at radius 3 is 2.64 bits per heavy atom. The van der Waals surface area contributed by atoms with Crippen molar-refractivity contribution in [3.05, 3.63) is 48.9 Å². The van der Waals surface area contributed by atoms with Crippen LogP contribution in [0.2, 0.25) is 0 Å². The molecule has 0 saturated heterocycles. The Morgan fingerprint density at radius 2 is 1.91 bits per heavy atom. The van der Waals surface area contributed by atoms with Crippen LogP contribution >= 0.6 is 0 Å². The van der Waals surface area contributed by atoms with Gasteiger partial charge in [0.15, 0.2) is 0 Å². The molecule has 1 aromatic carbocycles. The maximum Gasteiger partial charge on any atom is 0.223 e. The summed E-state index contributed by atoms with van der Waals surface area (Å²) in [5.74, 6) is 2.14. The minimum absolute atomic E-state index is 0.0247. The third-order valence-corrected chi connectivity index (χ3v) is 8.77. The second-order valence-corrected chi connectivity index (χ2v) is 10.8. The van der Waals surface area contributed by atoms with Crippen LogP contribution in [-0.2, 0) is 10.3 Å². The first-order valence-corrected chi connectivity index (χ1v) is 11.8. The maximum atomic E-state index is 13.7. The van der Waals surface area contributed by atoms with Gasteiger partial charge in [-0.25, -0.2) is 4.39 Å². The van der Waals surface area contributed by atoms with Crippen LogP contribution in [0.4, 0.5) is 4.39 Å². The number of nitrogens with one attached hydrogen (secondary N) is 1. The van der Waals surface area contributed by atoms with Gasteiger partial charge in [0.05, 0.1) is 17.2 Å². The quantitative estimate of drug-likeness (QED) is 0.626. The molecule has 5 fully saturated rings. The molecule has 170 valence electrons. The highest BCUT2D eigenvalue weighted by atomic mass is 19.1. The van der Waals surface area contributed by atoms with Crippen molar-refractivity contribution in [2.24, 2.45) is 23.7 Å². The zero-order valence-electron chi connectivity index (χ0n) is 18.4. The van der Waals surface area contributed by atoms with Crippen LogP contribution in [0.25, 0.3) is 10.9 Å². The predicted molar refractivity (Wildman–Crippen MR) is 118 cm³/mol. The molecule has 5 saturated carbocycles. The normalized spacial score (nSPS) is 36.4. The molecular formula is C25H26FN5O2. The molecule has 8 heteroatoms. The lowest BCUT2D eigenvalue weighted by molar-refractivity contribution is -0.158. The smallest absolute Gasteiger partial charge is 0.223 e. The first kappa shape index (κ1) is 19.4. The van der Waals surface area contributed by atoms with E-state index in [1.165, 1.54) is 12.1 Å². The summed E-state index contributed by atoms with van der Waals surface area (Å²) in [6.45, 7) is 2.08. The lowest BCUT2D eigenvalue weighted by atomic mass is 9.44. The summed E-state index contributed by atoms with van der Waals surface area (Å²) in [6.07, 6.45) is 10.2. The highest BCUT2D eigenvalue weighted by Crippen LogP contribution is 2.66. The molecule has 1 unspecified atom stereocenters. The fraction of sp³-hybridized carbons (Fsp3) is 0.520. The minimum Gasteiger partial charge on any atom is -0.490 e. The Hall–Kier alpha value is -3.03. The Labute approximate surface area is 190 Å². The molecule has 3 aromatic rings. The number of nitrogens with zero attached hydrogens (tertiary/aromatic N) is 4. The summed E-state index contributed by atoms with van der Waals surface area (Å²) < 4.78 is 22.1. The zero-order chi connectivity index (χ0) is 22.4. The Kier molecular flexibility index (Phi) is 3.84. The summed E-state index contributed by atoms with van der Waals surface area (Å²) in [5, 5.41) is 11.9. The summed E-state index contributed by atoms with van der Waals surface area (Å²) in [5.41, 5.74) is 0.837. The third kappa shape index (κ3) is 2.85. The highest BCUT2D eigenvalue weighted by molar-refractivity contribution is 5.84. The summed E-state index contributed by atoms with van der Waals surface area (Å²) >= 11 is 0. The van der Waals surface area contributed by atoms with E-state index < -0.39 is 0 Å². The van der Waals surface area contributed by atoms with Crippen LogP contribution in [0.5, 0.6) is 5.75 Å². The van der Waals surface area contributed by atoms with Crippen molar-refractivity contribution in [3.8, 4) is 5.75 Å². The molecule has 7 nitrogen and oxygen atoms in total. The zero-order valence-corrected chi connectivity index (χ0v) is 18.4. The number of hydrogen-bond acceptors (Lipinski definition) is 5. The van der Waals surface area contributed by atoms with Crippen molar-refractivity contribution >= 4 is 16.8 Å². The van der Waals surface area contributed by atoms with Gasteiger partial charge in [0.2, 0.25) is 5.91 Å². The fourth-order valence-corrected chi connectivity index (χ4v) is 7.19. The SMILES string of the molecule is CC(C(=O)NC12CC(n3cnnc3)(C1)C2)[C@H]1[C@@H]2C[C@H](Oc3ccnc4ccc(F)cc34)C[C@@H]21. The number of amides is 1. The van der Waals surface area contributed by atoms with Crippen molar-refractivity contribution in [3.63, 3.8) is 0 Å². The summed E-state index contributed by atoms with van der Waals surface area (Å²) in [6, 6.07) is 6.40.